The van der Waals surface area contributed by atoms with E-state index in [1.165, 1.54) is 11.9 Å². The molecule has 0 radical (unpaired) electrons. The number of likely N-dealkylation sites (N-methyl/N-ethyl adjacent to an activating group) is 1. The van der Waals surface area contributed by atoms with Gasteiger partial charge in [-0.15, -0.1) is 0 Å². The minimum atomic E-state index is 0.394. The van der Waals surface area contributed by atoms with E-state index in [4.69, 9.17) is 28.9 Å². The van der Waals surface area contributed by atoms with Crippen molar-refractivity contribution < 1.29 is 0 Å². The average molecular weight is 301 g/mol. The lowest BCUT2D eigenvalue weighted by molar-refractivity contribution is 0.350. The summed E-state index contributed by atoms with van der Waals surface area (Å²) in [5.74, 6) is 0.394. The fourth-order valence-electron chi connectivity index (χ4n) is 1.71. The first-order valence-corrected chi connectivity index (χ1v) is 6.48. The lowest BCUT2D eigenvalue weighted by atomic mass is 10.4. The Kier molecular flexibility index (Phi) is 4.57. The summed E-state index contributed by atoms with van der Waals surface area (Å²) < 4.78 is 1.93. The number of hydrogen-bond acceptors (Lipinski definition) is 5. The maximum Gasteiger partial charge on any atom is 0.165 e. The largest absolute Gasteiger partial charge is 0.382 e. The number of fused-ring (bicyclic) bond motifs is 1. The SMILES string of the molecule is CN(CCn1cnc2c(N)ncnc21)CC(Cl)=CCl. The normalized spacial score (nSPS) is 12.5. The van der Waals surface area contributed by atoms with Crippen LogP contribution in [0.1, 0.15) is 0 Å². The van der Waals surface area contributed by atoms with Crippen LogP contribution in [0.15, 0.2) is 23.2 Å². The molecule has 0 bridgehead atoms. The molecule has 2 N–H and O–H groups in total. The summed E-state index contributed by atoms with van der Waals surface area (Å²) in [5.41, 5.74) is 8.47. The Morgan fingerprint density at radius 2 is 2.26 bits per heavy atom. The summed E-state index contributed by atoms with van der Waals surface area (Å²) in [4.78, 5) is 14.4. The molecule has 0 amide bonds. The zero-order chi connectivity index (χ0) is 13.8. The van der Waals surface area contributed by atoms with Gasteiger partial charge < -0.3 is 10.3 Å². The van der Waals surface area contributed by atoms with E-state index >= 15 is 0 Å². The van der Waals surface area contributed by atoms with Gasteiger partial charge in [-0.25, -0.2) is 15.0 Å². The smallest absolute Gasteiger partial charge is 0.165 e. The van der Waals surface area contributed by atoms with Crippen LogP contribution in [0.3, 0.4) is 0 Å². The fraction of sp³-hybridized carbons (Fsp3) is 0.364. The summed E-state index contributed by atoms with van der Waals surface area (Å²) in [6, 6.07) is 0. The predicted octanol–water partition coefficient (Wildman–Crippen LogP) is 1.66. The van der Waals surface area contributed by atoms with Gasteiger partial charge >= 0.3 is 0 Å². The minimum Gasteiger partial charge on any atom is -0.382 e. The molecule has 0 aromatic carbocycles. The fourth-order valence-corrected chi connectivity index (χ4v) is 1.99. The van der Waals surface area contributed by atoms with Gasteiger partial charge in [-0.2, -0.15) is 0 Å². The van der Waals surface area contributed by atoms with E-state index in [9.17, 15) is 0 Å². The number of aromatic nitrogens is 4. The molecule has 2 rings (SSSR count). The lowest BCUT2D eigenvalue weighted by Crippen LogP contribution is -2.24. The van der Waals surface area contributed by atoms with E-state index in [1.54, 1.807) is 6.33 Å². The van der Waals surface area contributed by atoms with Gasteiger partial charge in [-0.1, -0.05) is 23.2 Å². The van der Waals surface area contributed by atoms with Gasteiger partial charge in [-0.05, 0) is 7.05 Å². The molecule has 6 nitrogen and oxygen atoms in total. The Morgan fingerprint density at radius 3 is 3.00 bits per heavy atom. The molecule has 2 aromatic rings. The van der Waals surface area contributed by atoms with Crippen LogP contribution in [0.5, 0.6) is 0 Å². The van der Waals surface area contributed by atoms with Crippen molar-refractivity contribution in [1.82, 2.24) is 24.4 Å². The summed E-state index contributed by atoms with van der Waals surface area (Å²) in [5, 5.41) is 0.603. The number of halogens is 2. The van der Waals surface area contributed by atoms with Crippen molar-refractivity contribution in [3.8, 4) is 0 Å². The van der Waals surface area contributed by atoms with E-state index in [0.29, 0.717) is 22.9 Å². The van der Waals surface area contributed by atoms with Gasteiger partial charge in [0.1, 0.15) is 11.8 Å². The van der Waals surface area contributed by atoms with Gasteiger partial charge in [0.2, 0.25) is 0 Å². The zero-order valence-electron chi connectivity index (χ0n) is 10.4. The maximum atomic E-state index is 5.87. The second kappa shape index (κ2) is 6.18. The first-order valence-electron chi connectivity index (χ1n) is 5.66. The van der Waals surface area contributed by atoms with Crippen molar-refractivity contribution in [2.45, 2.75) is 6.54 Å². The predicted molar refractivity (Wildman–Crippen MR) is 77.0 cm³/mol. The molecule has 0 saturated heterocycles. The number of hydrogen-bond donors (Lipinski definition) is 1. The minimum absolute atomic E-state index is 0.394. The van der Waals surface area contributed by atoms with Gasteiger partial charge in [0.25, 0.3) is 0 Å². The summed E-state index contributed by atoms with van der Waals surface area (Å²) in [6.07, 6.45) is 3.15. The molecule has 2 aromatic heterocycles. The van der Waals surface area contributed by atoms with Crippen LogP contribution in [0, 0.1) is 0 Å². The highest BCUT2D eigenvalue weighted by molar-refractivity contribution is 6.36. The number of imidazole rings is 1. The highest BCUT2D eigenvalue weighted by Crippen LogP contribution is 2.14. The Labute approximate surface area is 120 Å². The van der Waals surface area contributed by atoms with Gasteiger partial charge in [-0.3, -0.25) is 4.90 Å². The molecule has 19 heavy (non-hydrogen) atoms. The van der Waals surface area contributed by atoms with Crippen LogP contribution in [0.4, 0.5) is 5.82 Å². The molecule has 0 unspecified atom stereocenters. The van der Waals surface area contributed by atoms with Crippen LogP contribution < -0.4 is 5.73 Å². The van der Waals surface area contributed by atoms with Crippen LogP contribution in [0.2, 0.25) is 0 Å². The summed E-state index contributed by atoms with van der Waals surface area (Å²) in [7, 11) is 1.96. The standard InChI is InChI=1S/C11H14Cl2N6/c1-18(5-8(13)4-12)2-3-19-7-17-9-10(14)15-6-16-11(9)19/h4,6-7H,2-3,5H2,1H3,(H2,14,15,16). The first kappa shape index (κ1) is 14.0. The van der Waals surface area contributed by atoms with Crippen molar-refractivity contribution in [3.63, 3.8) is 0 Å². The van der Waals surface area contributed by atoms with Gasteiger partial charge in [0.15, 0.2) is 11.5 Å². The van der Waals surface area contributed by atoms with E-state index in [-0.39, 0.29) is 0 Å². The molecule has 0 aliphatic carbocycles. The maximum absolute atomic E-state index is 5.87. The first-order chi connectivity index (χ1) is 9.11. The molecule has 0 spiro atoms. The van der Waals surface area contributed by atoms with E-state index in [0.717, 1.165) is 18.7 Å². The second-order valence-corrected chi connectivity index (χ2v) is 4.87. The molecule has 102 valence electrons. The second-order valence-electron chi connectivity index (χ2n) is 4.16. The summed E-state index contributed by atoms with van der Waals surface area (Å²) >= 11 is 11.4. The number of rotatable bonds is 5. The number of nitrogen functional groups attached to an aromatic ring is 1. The molecule has 0 atom stereocenters. The molecular formula is C11H14Cl2N6. The molecule has 0 aliphatic heterocycles. The third kappa shape index (κ3) is 3.34. The molecule has 0 saturated carbocycles. The molecule has 2 heterocycles. The van der Waals surface area contributed by atoms with Crippen LogP contribution >= 0.6 is 23.2 Å². The average Bonchev–Trinajstić information content (AvgIpc) is 2.81. The highest BCUT2D eigenvalue weighted by Gasteiger charge is 2.08. The van der Waals surface area contributed by atoms with Crippen molar-refractivity contribution in [1.29, 1.82) is 0 Å². The lowest BCUT2D eigenvalue weighted by Gasteiger charge is -2.16. The Balaban J connectivity index is 2.04. The van der Waals surface area contributed by atoms with Gasteiger partial charge in [0, 0.05) is 30.2 Å². The zero-order valence-corrected chi connectivity index (χ0v) is 11.9. The molecule has 0 fully saturated rings. The monoisotopic (exact) mass is 300 g/mol. The molecular weight excluding hydrogens is 287 g/mol. The van der Waals surface area contributed by atoms with Crippen LogP contribution in [-0.4, -0.2) is 44.6 Å². The Bertz CT molecular complexity index is 594. The third-order valence-electron chi connectivity index (χ3n) is 2.69. The Hall–Kier alpha value is -1.37. The van der Waals surface area contributed by atoms with E-state index in [2.05, 4.69) is 19.9 Å². The van der Waals surface area contributed by atoms with Crippen molar-refractivity contribution in [2.75, 3.05) is 25.9 Å². The van der Waals surface area contributed by atoms with Crippen molar-refractivity contribution >= 4 is 40.2 Å². The topological polar surface area (TPSA) is 72.9 Å². The van der Waals surface area contributed by atoms with Crippen LogP contribution in [-0.2, 0) is 6.54 Å². The highest BCUT2D eigenvalue weighted by atomic mass is 35.5. The van der Waals surface area contributed by atoms with Crippen molar-refractivity contribution in [2.24, 2.45) is 0 Å². The van der Waals surface area contributed by atoms with Crippen LogP contribution in [0.25, 0.3) is 11.2 Å². The van der Waals surface area contributed by atoms with Gasteiger partial charge in [0.05, 0.1) is 6.33 Å². The molecule has 8 heteroatoms. The summed E-state index contributed by atoms with van der Waals surface area (Å²) in [6.45, 7) is 2.13. The quantitative estimate of drug-likeness (QED) is 0.909. The number of nitrogens with zero attached hydrogens (tertiary/aromatic N) is 5. The van der Waals surface area contributed by atoms with Crippen molar-refractivity contribution in [3.05, 3.63) is 23.2 Å². The Morgan fingerprint density at radius 1 is 1.47 bits per heavy atom. The number of anilines is 1. The molecule has 0 aliphatic rings. The van der Waals surface area contributed by atoms with E-state index in [1.807, 2.05) is 11.6 Å². The third-order valence-corrected chi connectivity index (χ3v) is 3.30. The number of nitrogens with two attached hydrogens (primary N) is 1. The van der Waals surface area contributed by atoms with E-state index < -0.39 is 0 Å².